The molecule has 0 aliphatic carbocycles. The van der Waals surface area contributed by atoms with Gasteiger partial charge in [-0.3, -0.25) is 4.90 Å². The Balaban J connectivity index is 1.91. The summed E-state index contributed by atoms with van der Waals surface area (Å²) >= 11 is 13.5. The van der Waals surface area contributed by atoms with Crippen LogP contribution in [0.1, 0.15) is 11.3 Å². The van der Waals surface area contributed by atoms with Gasteiger partial charge < -0.3 is 0 Å². The fraction of sp³-hybridized carbons (Fsp3) is 0.556. The van der Waals surface area contributed by atoms with E-state index in [0.29, 0.717) is 5.38 Å². The van der Waals surface area contributed by atoms with Crippen LogP contribution in [0.2, 0.25) is 4.34 Å². The summed E-state index contributed by atoms with van der Waals surface area (Å²) in [6, 6.07) is 4.05. The number of alkyl halides is 1. The fourth-order valence-electron chi connectivity index (χ4n) is 1.59. The van der Waals surface area contributed by atoms with Crippen molar-refractivity contribution >= 4 is 34.5 Å². The van der Waals surface area contributed by atoms with Crippen LogP contribution in [-0.4, -0.2) is 23.4 Å². The summed E-state index contributed by atoms with van der Waals surface area (Å²) < 4.78 is 0.872. The second-order valence-electron chi connectivity index (χ2n) is 3.33. The van der Waals surface area contributed by atoms with Crippen LogP contribution in [-0.2, 0) is 6.54 Å². The van der Waals surface area contributed by atoms with Crippen molar-refractivity contribution in [3.05, 3.63) is 21.3 Å². The zero-order valence-corrected chi connectivity index (χ0v) is 9.50. The number of nitrogens with zero attached hydrogens (tertiary/aromatic N) is 1. The number of rotatable bonds is 2. The van der Waals surface area contributed by atoms with E-state index in [4.69, 9.17) is 23.2 Å². The van der Waals surface area contributed by atoms with Crippen molar-refractivity contribution in [1.82, 2.24) is 4.90 Å². The van der Waals surface area contributed by atoms with Gasteiger partial charge in [-0.2, -0.15) is 0 Å². The average molecular weight is 236 g/mol. The highest BCUT2D eigenvalue weighted by molar-refractivity contribution is 7.16. The van der Waals surface area contributed by atoms with Gasteiger partial charge in [0.25, 0.3) is 0 Å². The molecule has 0 saturated carbocycles. The van der Waals surface area contributed by atoms with Gasteiger partial charge in [-0.25, -0.2) is 0 Å². The number of hydrogen-bond acceptors (Lipinski definition) is 2. The van der Waals surface area contributed by atoms with Crippen LogP contribution in [0.15, 0.2) is 12.1 Å². The Bertz CT molecular complexity index is 287. The smallest absolute Gasteiger partial charge is 0.0931 e. The Morgan fingerprint density at radius 3 is 2.92 bits per heavy atom. The Morgan fingerprint density at radius 2 is 2.38 bits per heavy atom. The van der Waals surface area contributed by atoms with Gasteiger partial charge in [0.15, 0.2) is 0 Å². The van der Waals surface area contributed by atoms with Gasteiger partial charge in [-0.1, -0.05) is 11.6 Å². The van der Waals surface area contributed by atoms with Crippen LogP contribution in [0.25, 0.3) is 0 Å². The van der Waals surface area contributed by atoms with E-state index in [1.54, 1.807) is 11.3 Å². The van der Waals surface area contributed by atoms with Crippen molar-refractivity contribution in [2.24, 2.45) is 0 Å². The maximum atomic E-state index is 6.01. The molecule has 1 fully saturated rings. The summed E-state index contributed by atoms with van der Waals surface area (Å²) in [5, 5.41) is 0.343. The lowest BCUT2D eigenvalue weighted by molar-refractivity contribution is 0.335. The third kappa shape index (κ3) is 2.59. The second-order valence-corrected chi connectivity index (χ2v) is 5.74. The Morgan fingerprint density at radius 1 is 1.54 bits per heavy atom. The molecule has 0 spiro atoms. The molecule has 1 aromatic rings. The SMILES string of the molecule is Clc1ccc(CN2CCC(Cl)C2)s1. The largest absolute Gasteiger partial charge is 0.297 e. The van der Waals surface area contributed by atoms with E-state index in [9.17, 15) is 0 Å². The first-order valence-corrected chi connectivity index (χ1v) is 5.98. The summed E-state index contributed by atoms with van der Waals surface area (Å²) in [6.45, 7) is 3.13. The minimum atomic E-state index is 0.343. The average Bonchev–Trinajstić information content (AvgIpc) is 2.62. The van der Waals surface area contributed by atoms with Crippen LogP contribution in [0.3, 0.4) is 0 Å². The third-order valence-electron chi connectivity index (χ3n) is 2.22. The van der Waals surface area contributed by atoms with Crippen LogP contribution in [0.5, 0.6) is 0 Å². The second kappa shape index (κ2) is 4.18. The molecule has 1 aromatic heterocycles. The van der Waals surface area contributed by atoms with Crippen LogP contribution in [0.4, 0.5) is 0 Å². The highest BCUT2D eigenvalue weighted by Gasteiger charge is 2.20. The van der Waals surface area contributed by atoms with Crippen molar-refractivity contribution < 1.29 is 0 Å². The lowest BCUT2D eigenvalue weighted by Gasteiger charge is -2.12. The molecule has 0 bridgehead atoms. The van der Waals surface area contributed by atoms with E-state index < -0.39 is 0 Å². The van der Waals surface area contributed by atoms with Gasteiger partial charge in [-0.05, 0) is 18.6 Å². The summed E-state index contributed by atoms with van der Waals surface area (Å²) in [4.78, 5) is 3.70. The molecular weight excluding hydrogens is 225 g/mol. The quantitative estimate of drug-likeness (QED) is 0.712. The fourth-order valence-corrected chi connectivity index (χ4v) is 3.01. The minimum Gasteiger partial charge on any atom is -0.297 e. The molecule has 0 N–H and O–H groups in total. The standard InChI is InChI=1S/C9H11Cl2NS/c10-7-3-4-12(5-7)6-8-1-2-9(11)13-8/h1-2,7H,3-6H2. The van der Waals surface area contributed by atoms with Crippen molar-refractivity contribution in [2.45, 2.75) is 18.3 Å². The Labute approximate surface area is 92.3 Å². The van der Waals surface area contributed by atoms with E-state index in [2.05, 4.69) is 11.0 Å². The van der Waals surface area contributed by atoms with Crippen molar-refractivity contribution in [3.63, 3.8) is 0 Å². The third-order valence-corrected chi connectivity index (χ3v) is 3.80. The normalized spacial score (nSPS) is 24.0. The van der Waals surface area contributed by atoms with Gasteiger partial charge in [0, 0.05) is 29.9 Å². The van der Waals surface area contributed by atoms with E-state index in [-0.39, 0.29) is 0 Å². The molecular formula is C9H11Cl2NS. The van der Waals surface area contributed by atoms with Gasteiger partial charge >= 0.3 is 0 Å². The first-order chi connectivity index (χ1) is 6.24. The molecule has 0 radical (unpaired) electrons. The summed E-state index contributed by atoms with van der Waals surface area (Å²) in [6.07, 6.45) is 1.11. The summed E-state index contributed by atoms with van der Waals surface area (Å²) in [5.74, 6) is 0. The minimum absolute atomic E-state index is 0.343. The zero-order valence-electron chi connectivity index (χ0n) is 7.17. The Kier molecular flexibility index (Phi) is 3.14. The van der Waals surface area contributed by atoms with Gasteiger partial charge in [0.2, 0.25) is 0 Å². The molecule has 1 aliphatic heterocycles. The first-order valence-electron chi connectivity index (χ1n) is 4.34. The molecule has 1 unspecified atom stereocenters. The summed E-state index contributed by atoms with van der Waals surface area (Å²) in [7, 11) is 0. The molecule has 4 heteroatoms. The van der Waals surface area contributed by atoms with Crippen molar-refractivity contribution in [1.29, 1.82) is 0 Å². The monoisotopic (exact) mass is 235 g/mol. The molecule has 1 saturated heterocycles. The molecule has 0 amide bonds. The highest BCUT2D eigenvalue weighted by Crippen LogP contribution is 2.24. The van der Waals surface area contributed by atoms with Gasteiger partial charge in [-0.15, -0.1) is 22.9 Å². The summed E-state index contributed by atoms with van der Waals surface area (Å²) in [5.41, 5.74) is 0. The highest BCUT2D eigenvalue weighted by atomic mass is 35.5. The first kappa shape index (κ1) is 9.78. The van der Waals surface area contributed by atoms with Crippen molar-refractivity contribution in [2.75, 3.05) is 13.1 Å². The maximum Gasteiger partial charge on any atom is 0.0931 e. The topological polar surface area (TPSA) is 3.24 Å². The van der Waals surface area contributed by atoms with Crippen LogP contribution in [0, 0.1) is 0 Å². The Hall–Kier alpha value is 0.240. The van der Waals surface area contributed by atoms with Crippen LogP contribution < -0.4 is 0 Å². The lowest BCUT2D eigenvalue weighted by atomic mass is 10.4. The maximum absolute atomic E-state index is 6.01. The predicted octanol–water partition coefficient (Wildman–Crippen LogP) is 3.21. The number of hydrogen-bond donors (Lipinski definition) is 0. The zero-order chi connectivity index (χ0) is 9.26. The molecule has 2 rings (SSSR count). The van der Waals surface area contributed by atoms with Gasteiger partial charge in [0.1, 0.15) is 0 Å². The molecule has 2 heterocycles. The predicted molar refractivity (Wildman–Crippen MR) is 58.9 cm³/mol. The van der Waals surface area contributed by atoms with Gasteiger partial charge in [0.05, 0.1) is 4.34 Å². The number of thiophene rings is 1. The molecule has 13 heavy (non-hydrogen) atoms. The number of likely N-dealkylation sites (tertiary alicyclic amines) is 1. The van der Waals surface area contributed by atoms with E-state index in [0.717, 1.165) is 30.4 Å². The molecule has 0 aromatic carbocycles. The molecule has 1 nitrogen and oxygen atoms in total. The van der Waals surface area contributed by atoms with Crippen molar-refractivity contribution in [3.8, 4) is 0 Å². The molecule has 72 valence electrons. The van der Waals surface area contributed by atoms with Crippen LogP contribution >= 0.6 is 34.5 Å². The van der Waals surface area contributed by atoms with E-state index >= 15 is 0 Å². The molecule has 1 atom stereocenters. The number of halogens is 2. The lowest BCUT2D eigenvalue weighted by Crippen LogP contribution is -2.19. The van der Waals surface area contributed by atoms with E-state index in [1.165, 1.54) is 4.88 Å². The van der Waals surface area contributed by atoms with E-state index in [1.807, 2.05) is 6.07 Å². The molecule has 1 aliphatic rings.